The molecule has 0 spiro atoms. The second-order valence-electron chi connectivity index (χ2n) is 5.86. The quantitative estimate of drug-likeness (QED) is 0.864. The number of hydrogen-bond donors (Lipinski definition) is 1. The first-order valence-electron chi connectivity index (χ1n) is 6.75. The summed E-state index contributed by atoms with van der Waals surface area (Å²) in [6.45, 7) is 5.95. The average Bonchev–Trinajstić information content (AvgIpc) is 2.88. The maximum Gasteiger partial charge on any atom is 0.0281 e. The first-order valence-corrected chi connectivity index (χ1v) is 7.70. The van der Waals surface area contributed by atoms with Crippen molar-refractivity contribution in [2.45, 2.75) is 50.7 Å². The number of thiophene rings is 1. The molecule has 1 unspecified atom stereocenters. The van der Waals surface area contributed by atoms with Crippen LogP contribution in [0.1, 0.15) is 38.2 Å². The molecule has 1 N–H and O–H groups in total. The largest absolute Gasteiger partial charge is 0.310 e. The molecule has 0 amide bonds. The van der Waals surface area contributed by atoms with Crippen LogP contribution >= 0.6 is 11.3 Å². The minimum atomic E-state index is 0.360. The topological polar surface area (TPSA) is 15.3 Å². The van der Waals surface area contributed by atoms with Crippen LogP contribution in [0.3, 0.4) is 0 Å². The lowest BCUT2D eigenvalue weighted by Crippen LogP contribution is -2.47. The third-order valence-corrected chi connectivity index (χ3v) is 4.77. The molecule has 1 atom stereocenters. The third kappa shape index (κ3) is 2.90. The van der Waals surface area contributed by atoms with E-state index in [1.54, 1.807) is 0 Å². The van der Waals surface area contributed by atoms with Crippen LogP contribution in [-0.2, 0) is 6.54 Å². The zero-order valence-electron chi connectivity index (χ0n) is 10.6. The summed E-state index contributed by atoms with van der Waals surface area (Å²) in [4.78, 5) is 2.69. The summed E-state index contributed by atoms with van der Waals surface area (Å²) in [6.07, 6.45) is 5.48. The van der Waals surface area contributed by atoms with E-state index in [0.29, 0.717) is 5.54 Å². The molecule has 3 heteroatoms. The van der Waals surface area contributed by atoms with E-state index in [0.717, 1.165) is 12.6 Å². The zero-order valence-corrected chi connectivity index (χ0v) is 11.4. The van der Waals surface area contributed by atoms with Gasteiger partial charge in [-0.25, -0.2) is 0 Å². The van der Waals surface area contributed by atoms with Gasteiger partial charge in [-0.15, -0.1) is 0 Å². The van der Waals surface area contributed by atoms with Crippen LogP contribution in [0.5, 0.6) is 0 Å². The molecule has 0 bridgehead atoms. The highest BCUT2D eigenvalue weighted by molar-refractivity contribution is 7.07. The molecule has 94 valence electrons. The van der Waals surface area contributed by atoms with Crippen LogP contribution in [0, 0.1) is 0 Å². The summed E-state index contributed by atoms with van der Waals surface area (Å²) in [5, 5.41) is 8.17. The van der Waals surface area contributed by atoms with Crippen molar-refractivity contribution in [3.8, 4) is 0 Å². The number of nitrogens with zero attached hydrogens (tertiary/aromatic N) is 1. The summed E-state index contributed by atoms with van der Waals surface area (Å²) >= 11 is 1.81. The molecule has 1 saturated heterocycles. The molecule has 0 radical (unpaired) electrons. The fraction of sp³-hybridized carbons (Fsp3) is 0.714. The SMILES string of the molecule is CC1(CN(Cc2ccsc2)C2CC2)CCCN1. The van der Waals surface area contributed by atoms with E-state index in [4.69, 9.17) is 0 Å². The molecular weight excluding hydrogens is 228 g/mol. The standard InChI is InChI=1S/C14H22N2S/c1-14(6-2-7-15-14)11-16(13-3-4-13)9-12-5-8-17-10-12/h5,8,10,13,15H,2-4,6-7,9,11H2,1H3. The molecule has 1 aliphatic heterocycles. The fourth-order valence-corrected chi connectivity index (χ4v) is 3.57. The van der Waals surface area contributed by atoms with Gasteiger partial charge in [0.25, 0.3) is 0 Å². The zero-order chi connectivity index (χ0) is 11.7. The Balaban J connectivity index is 1.64. The molecule has 17 heavy (non-hydrogen) atoms. The van der Waals surface area contributed by atoms with Gasteiger partial charge in [-0.3, -0.25) is 4.90 Å². The number of nitrogens with one attached hydrogen (secondary N) is 1. The van der Waals surface area contributed by atoms with Gasteiger partial charge in [0.2, 0.25) is 0 Å². The Morgan fingerprint density at radius 1 is 1.53 bits per heavy atom. The molecule has 1 aliphatic carbocycles. The Morgan fingerprint density at radius 2 is 2.41 bits per heavy atom. The van der Waals surface area contributed by atoms with Gasteiger partial charge in [-0.1, -0.05) is 0 Å². The van der Waals surface area contributed by atoms with Crippen molar-refractivity contribution in [1.82, 2.24) is 10.2 Å². The summed E-state index contributed by atoms with van der Waals surface area (Å²) in [6, 6.07) is 3.12. The summed E-state index contributed by atoms with van der Waals surface area (Å²) < 4.78 is 0. The summed E-state index contributed by atoms with van der Waals surface area (Å²) in [5.74, 6) is 0. The van der Waals surface area contributed by atoms with E-state index in [1.807, 2.05) is 11.3 Å². The maximum atomic E-state index is 3.69. The van der Waals surface area contributed by atoms with E-state index >= 15 is 0 Å². The van der Waals surface area contributed by atoms with E-state index in [9.17, 15) is 0 Å². The van der Waals surface area contributed by atoms with Gasteiger partial charge in [0.15, 0.2) is 0 Å². The molecule has 2 aliphatic rings. The van der Waals surface area contributed by atoms with Crippen molar-refractivity contribution < 1.29 is 0 Å². The van der Waals surface area contributed by atoms with Crippen LogP contribution in [0.15, 0.2) is 16.8 Å². The van der Waals surface area contributed by atoms with E-state index in [2.05, 4.69) is 34.0 Å². The lowest BCUT2D eigenvalue weighted by molar-refractivity contribution is 0.187. The predicted octanol–water partition coefficient (Wildman–Crippen LogP) is 2.85. The maximum absolute atomic E-state index is 3.69. The molecule has 1 saturated carbocycles. The minimum absolute atomic E-state index is 0.360. The van der Waals surface area contributed by atoms with E-state index < -0.39 is 0 Å². The molecule has 1 aromatic heterocycles. The summed E-state index contributed by atoms with van der Waals surface area (Å²) in [7, 11) is 0. The van der Waals surface area contributed by atoms with Gasteiger partial charge in [0, 0.05) is 24.7 Å². The third-order valence-electron chi connectivity index (χ3n) is 4.04. The van der Waals surface area contributed by atoms with Crippen LogP contribution in [-0.4, -0.2) is 29.6 Å². The van der Waals surface area contributed by atoms with E-state index in [-0.39, 0.29) is 0 Å². The number of hydrogen-bond acceptors (Lipinski definition) is 3. The Kier molecular flexibility index (Phi) is 3.24. The first-order chi connectivity index (χ1) is 8.25. The highest BCUT2D eigenvalue weighted by atomic mass is 32.1. The van der Waals surface area contributed by atoms with Crippen molar-refractivity contribution in [3.63, 3.8) is 0 Å². The highest BCUT2D eigenvalue weighted by Gasteiger charge is 2.36. The monoisotopic (exact) mass is 250 g/mol. The molecule has 2 nitrogen and oxygen atoms in total. The van der Waals surface area contributed by atoms with Crippen LogP contribution in [0.25, 0.3) is 0 Å². The molecule has 3 rings (SSSR count). The lowest BCUT2D eigenvalue weighted by atomic mass is 9.99. The second kappa shape index (κ2) is 4.71. The fourth-order valence-electron chi connectivity index (χ4n) is 2.91. The van der Waals surface area contributed by atoms with Crippen molar-refractivity contribution in [3.05, 3.63) is 22.4 Å². The van der Waals surface area contributed by atoms with Crippen molar-refractivity contribution in [2.24, 2.45) is 0 Å². The van der Waals surface area contributed by atoms with Gasteiger partial charge in [-0.05, 0) is 61.5 Å². The molecule has 2 heterocycles. The predicted molar refractivity (Wildman–Crippen MR) is 73.4 cm³/mol. The van der Waals surface area contributed by atoms with Crippen molar-refractivity contribution in [1.29, 1.82) is 0 Å². The molecule has 1 aromatic rings. The highest BCUT2D eigenvalue weighted by Crippen LogP contribution is 2.31. The molecule has 2 fully saturated rings. The van der Waals surface area contributed by atoms with Crippen LogP contribution in [0.2, 0.25) is 0 Å². The van der Waals surface area contributed by atoms with Crippen LogP contribution in [0.4, 0.5) is 0 Å². The average molecular weight is 250 g/mol. The number of rotatable bonds is 5. The Bertz CT molecular complexity index is 350. The lowest BCUT2D eigenvalue weighted by Gasteiger charge is -2.32. The van der Waals surface area contributed by atoms with Crippen molar-refractivity contribution in [2.75, 3.05) is 13.1 Å². The summed E-state index contributed by atoms with van der Waals surface area (Å²) in [5.41, 5.74) is 1.85. The Hall–Kier alpha value is -0.380. The van der Waals surface area contributed by atoms with E-state index in [1.165, 1.54) is 44.3 Å². The second-order valence-corrected chi connectivity index (χ2v) is 6.64. The molecular formula is C14H22N2S. The van der Waals surface area contributed by atoms with Gasteiger partial charge >= 0.3 is 0 Å². The van der Waals surface area contributed by atoms with Gasteiger partial charge in [0.05, 0.1) is 0 Å². The van der Waals surface area contributed by atoms with Crippen LogP contribution < -0.4 is 5.32 Å². The Morgan fingerprint density at radius 3 is 3.00 bits per heavy atom. The smallest absolute Gasteiger partial charge is 0.0281 e. The van der Waals surface area contributed by atoms with Gasteiger partial charge in [0.1, 0.15) is 0 Å². The minimum Gasteiger partial charge on any atom is -0.310 e. The van der Waals surface area contributed by atoms with Crippen molar-refractivity contribution >= 4 is 11.3 Å². The van der Waals surface area contributed by atoms with Gasteiger partial charge < -0.3 is 5.32 Å². The normalized spacial score (nSPS) is 29.1. The van der Waals surface area contributed by atoms with Gasteiger partial charge in [-0.2, -0.15) is 11.3 Å². The Labute approximate surface area is 108 Å². The molecule has 0 aromatic carbocycles. The first kappa shape index (κ1) is 11.7.